The number of aromatic nitrogens is 2. The molecule has 0 aliphatic rings. The molecule has 2 N–H and O–H groups in total. The van der Waals surface area contributed by atoms with Crippen molar-refractivity contribution in [1.82, 2.24) is 15.1 Å². The Morgan fingerprint density at radius 2 is 1.83 bits per heavy atom. The topological polar surface area (TPSA) is 84.2 Å². The van der Waals surface area contributed by atoms with Gasteiger partial charge in [-0.05, 0) is 43.5 Å². The van der Waals surface area contributed by atoms with Gasteiger partial charge in [0, 0.05) is 11.3 Å². The van der Waals surface area contributed by atoms with Crippen molar-refractivity contribution in [1.29, 1.82) is 0 Å². The summed E-state index contributed by atoms with van der Waals surface area (Å²) in [5.74, 6) is -1.59. The van der Waals surface area contributed by atoms with E-state index < -0.39 is 12.0 Å². The Kier molecular flexibility index (Phi) is 5.39. The van der Waals surface area contributed by atoms with Gasteiger partial charge in [-0.15, -0.1) is 0 Å². The van der Waals surface area contributed by atoms with Gasteiger partial charge >= 0.3 is 5.97 Å². The van der Waals surface area contributed by atoms with E-state index in [4.69, 9.17) is 5.11 Å². The number of nitrogens with one attached hydrogen (secondary N) is 1. The van der Waals surface area contributed by atoms with Crippen LogP contribution in [0.15, 0.2) is 30.3 Å². The maximum atomic E-state index is 12.2. The van der Waals surface area contributed by atoms with E-state index in [1.165, 1.54) is 0 Å². The molecular formula is C18H23N3O3. The fourth-order valence-electron chi connectivity index (χ4n) is 2.51. The predicted molar refractivity (Wildman–Crippen MR) is 91.0 cm³/mol. The molecule has 1 amide bonds. The highest BCUT2D eigenvalue weighted by Crippen LogP contribution is 2.10. The highest BCUT2D eigenvalue weighted by Gasteiger charge is 2.23. The fourth-order valence-corrected chi connectivity index (χ4v) is 2.51. The number of hydrogen-bond donors (Lipinski definition) is 2. The maximum absolute atomic E-state index is 12.2. The van der Waals surface area contributed by atoms with Gasteiger partial charge in [0.2, 0.25) is 0 Å². The van der Waals surface area contributed by atoms with E-state index in [2.05, 4.69) is 10.4 Å². The molecule has 24 heavy (non-hydrogen) atoms. The molecule has 0 bridgehead atoms. The number of hydrogen-bond acceptors (Lipinski definition) is 3. The summed E-state index contributed by atoms with van der Waals surface area (Å²) >= 11 is 0. The van der Waals surface area contributed by atoms with Crippen LogP contribution in [0.25, 0.3) is 0 Å². The Morgan fingerprint density at radius 3 is 2.29 bits per heavy atom. The summed E-state index contributed by atoms with van der Waals surface area (Å²) in [5.41, 5.74) is 3.52. The number of carboxylic acids is 1. The summed E-state index contributed by atoms with van der Waals surface area (Å²) in [6.07, 6.45) is 0. The van der Waals surface area contributed by atoms with Crippen LogP contribution in [0.2, 0.25) is 0 Å². The molecule has 1 aromatic heterocycles. The number of rotatable bonds is 6. The van der Waals surface area contributed by atoms with E-state index in [9.17, 15) is 9.59 Å². The molecular weight excluding hydrogens is 306 g/mol. The Hall–Kier alpha value is -2.63. The minimum Gasteiger partial charge on any atom is -0.480 e. The molecule has 0 unspecified atom stereocenters. The van der Waals surface area contributed by atoms with E-state index in [0.717, 1.165) is 17.0 Å². The minimum absolute atomic E-state index is 0.184. The van der Waals surface area contributed by atoms with Crippen LogP contribution in [0.4, 0.5) is 0 Å². The fraction of sp³-hybridized carbons (Fsp3) is 0.389. The first-order valence-corrected chi connectivity index (χ1v) is 7.91. The van der Waals surface area contributed by atoms with Gasteiger partial charge in [0.1, 0.15) is 6.04 Å². The molecule has 128 valence electrons. The zero-order valence-corrected chi connectivity index (χ0v) is 14.4. The Bertz CT molecular complexity index is 732. The van der Waals surface area contributed by atoms with Crippen LogP contribution in [-0.2, 0) is 11.3 Å². The van der Waals surface area contributed by atoms with Gasteiger partial charge in [-0.25, -0.2) is 4.79 Å². The summed E-state index contributed by atoms with van der Waals surface area (Å²) in [6, 6.07) is 8.24. The molecule has 6 heteroatoms. The van der Waals surface area contributed by atoms with Crippen LogP contribution in [-0.4, -0.2) is 32.8 Å². The molecule has 6 nitrogen and oxygen atoms in total. The Labute approximate surface area is 141 Å². The van der Waals surface area contributed by atoms with Crippen LogP contribution >= 0.6 is 0 Å². The molecule has 0 saturated carbocycles. The van der Waals surface area contributed by atoms with E-state index >= 15 is 0 Å². The third-order valence-corrected chi connectivity index (χ3v) is 3.87. The van der Waals surface area contributed by atoms with Gasteiger partial charge in [-0.2, -0.15) is 5.10 Å². The second kappa shape index (κ2) is 7.29. The summed E-state index contributed by atoms with van der Waals surface area (Å²) < 4.78 is 1.91. The van der Waals surface area contributed by atoms with Crippen molar-refractivity contribution in [2.75, 3.05) is 0 Å². The summed E-state index contributed by atoms with van der Waals surface area (Å²) in [5, 5.41) is 16.1. The molecule has 0 aliphatic carbocycles. The van der Waals surface area contributed by atoms with Crippen molar-refractivity contribution >= 4 is 11.9 Å². The third kappa shape index (κ3) is 4.22. The van der Waals surface area contributed by atoms with Gasteiger partial charge in [0.15, 0.2) is 0 Å². The lowest BCUT2D eigenvalue weighted by atomic mass is 10.0. The molecule has 2 rings (SSSR count). The summed E-state index contributed by atoms with van der Waals surface area (Å²) in [7, 11) is 0. The first kappa shape index (κ1) is 17.7. The zero-order valence-electron chi connectivity index (χ0n) is 14.4. The number of amides is 1. The van der Waals surface area contributed by atoms with Crippen molar-refractivity contribution in [2.24, 2.45) is 5.92 Å². The normalized spacial score (nSPS) is 12.2. The Balaban J connectivity index is 2.07. The van der Waals surface area contributed by atoms with Gasteiger partial charge < -0.3 is 10.4 Å². The average molecular weight is 329 g/mol. The molecule has 0 spiro atoms. The molecule has 1 aromatic carbocycles. The van der Waals surface area contributed by atoms with Crippen molar-refractivity contribution in [3.63, 3.8) is 0 Å². The van der Waals surface area contributed by atoms with Gasteiger partial charge in [0.25, 0.3) is 5.91 Å². The molecule has 1 atom stereocenters. The number of nitrogens with zero attached hydrogens (tertiary/aromatic N) is 2. The van der Waals surface area contributed by atoms with Gasteiger partial charge in [-0.1, -0.05) is 26.0 Å². The number of carbonyl (C=O) groups is 2. The van der Waals surface area contributed by atoms with Crippen molar-refractivity contribution in [3.05, 3.63) is 52.8 Å². The quantitative estimate of drug-likeness (QED) is 0.852. The van der Waals surface area contributed by atoms with Crippen molar-refractivity contribution in [2.45, 2.75) is 40.3 Å². The summed E-state index contributed by atoms with van der Waals surface area (Å²) in [4.78, 5) is 23.4. The molecule has 1 heterocycles. The smallest absolute Gasteiger partial charge is 0.326 e. The van der Waals surface area contributed by atoms with Crippen LogP contribution in [0, 0.1) is 19.8 Å². The first-order valence-electron chi connectivity index (χ1n) is 7.91. The van der Waals surface area contributed by atoms with Crippen LogP contribution in [0.5, 0.6) is 0 Å². The van der Waals surface area contributed by atoms with E-state index in [-0.39, 0.29) is 11.8 Å². The van der Waals surface area contributed by atoms with E-state index in [0.29, 0.717) is 12.1 Å². The van der Waals surface area contributed by atoms with E-state index in [1.54, 1.807) is 26.0 Å². The predicted octanol–water partition coefficient (Wildman–Crippen LogP) is 2.39. The maximum Gasteiger partial charge on any atom is 0.326 e. The lowest BCUT2D eigenvalue weighted by molar-refractivity contribution is -0.140. The highest BCUT2D eigenvalue weighted by atomic mass is 16.4. The van der Waals surface area contributed by atoms with Crippen LogP contribution in [0.3, 0.4) is 0 Å². The first-order chi connectivity index (χ1) is 11.3. The number of benzene rings is 1. The highest BCUT2D eigenvalue weighted by molar-refractivity contribution is 5.96. The number of aryl methyl sites for hydroxylation is 2. The zero-order chi connectivity index (χ0) is 17.9. The monoisotopic (exact) mass is 329 g/mol. The molecule has 0 fully saturated rings. The van der Waals surface area contributed by atoms with Gasteiger partial charge in [-0.3, -0.25) is 9.48 Å². The number of carboxylic acid groups (broad SMARTS) is 1. The molecule has 2 aromatic rings. The number of carbonyl (C=O) groups excluding carboxylic acids is 1. The lowest BCUT2D eigenvalue weighted by Gasteiger charge is -2.18. The van der Waals surface area contributed by atoms with Crippen LogP contribution < -0.4 is 5.32 Å². The summed E-state index contributed by atoms with van der Waals surface area (Å²) in [6.45, 7) is 8.10. The standard InChI is InChI=1S/C18H23N3O3/c1-11(2)16(18(23)24)19-17(22)15-7-5-14(6-8-15)10-21-13(4)9-12(3)20-21/h5-9,11,16H,10H2,1-4H3,(H,19,22)(H,23,24)/t16-/m0/s1. The molecule has 0 aliphatic heterocycles. The van der Waals surface area contributed by atoms with Crippen LogP contribution in [0.1, 0.15) is 41.2 Å². The third-order valence-electron chi connectivity index (χ3n) is 3.87. The average Bonchev–Trinajstić information content (AvgIpc) is 2.82. The van der Waals surface area contributed by atoms with Gasteiger partial charge in [0.05, 0.1) is 12.2 Å². The lowest BCUT2D eigenvalue weighted by Crippen LogP contribution is -2.44. The molecule has 0 radical (unpaired) electrons. The largest absolute Gasteiger partial charge is 0.480 e. The van der Waals surface area contributed by atoms with Crippen molar-refractivity contribution in [3.8, 4) is 0 Å². The van der Waals surface area contributed by atoms with Crippen molar-refractivity contribution < 1.29 is 14.7 Å². The molecule has 0 saturated heterocycles. The number of aliphatic carboxylic acids is 1. The Morgan fingerprint density at radius 1 is 1.21 bits per heavy atom. The van der Waals surface area contributed by atoms with E-state index in [1.807, 2.05) is 36.7 Å². The SMILES string of the molecule is Cc1cc(C)n(Cc2ccc(C(=O)N[C@H](C(=O)O)C(C)C)cc2)n1. The second-order valence-corrected chi connectivity index (χ2v) is 6.32. The minimum atomic E-state index is -1.03. The second-order valence-electron chi connectivity index (χ2n) is 6.32.